The number of aromatic nitrogens is 2. The lowest BCUT2D eigenvalue weighted by Crippen LogP contribution is -2.16. The first-order valence-electron chi connectivity index (χ1n) is 11.0. The molecule has 5 N–H and O–H groups in total. The molecule has 37 heavy (non-hydrogen) atoms. The lowest BCUT2D eigenvalue weighted by Gasteiger charge is -2.20. The van der Waals surface area contributed by atoms with Crippen LogP contribution in [0, 0.1) is 0 Å². The van der Waals surface area contributed by atoms with Crippen molar-refractivity contribution in [3.05, 3.63) is 93.1 Å². The number of nitrogens with two attached hydrogens (primary N) is 2. The SMILES string of the molecule is NC(=O)c1nn(-c2ccc(S(N)(=O)=O)cc2)c2c1CCc1ccc(NC(=O)c3c(Cl)cccc3Cl)cc1-2. The van der Waals surface area contributed by atoms with E-state index in [1.807, 2.05) is 6.07 Å². The highest BCUT2D eigenvalue weighted by Crippen LogP contribution is 2.38. The van der Waals surface area contributed by atoms with Gasteiger partial charge in [0.05, 0.1) is 31.9 Å². The van der Waals surface area contributed by atoms with E-state index in [1.54, 1.807) is 30.3 Å². The number of nitrogens with zero attached hydrogens (tertiary/aromatic N) is 2. The first kappa shape index (κ1) is 25.0. The van der Waals surface area contributed by atoms with E-state index in [2.05, 4.69) is 10.4 Å². The van der Waals surface area contributed by atoms with Crippen LogP contribution in [0.2, 0.25) is 10.0 Å². The van der Waals surface area contributed by atoms with Crippen LogP contribution in [0.1, 0.15) is 32.0 Å². The van der Waals surface area contributed by atoms with E-state index in [1.165, 1.54) is 28.9 Å². The number of carbonyl (C=O) groups excluding carboxylic acids is 2. The van der Waals surface area contributed by atoms with Gasteiger partial charge in [-0.3, -0.25) is 9.59 Å². The van der Waals surface area contributed by atoms with Gasteiger partial charge >= 0.3 is 0 Å². The fourth-order valence-electron chi connectivity index (χ4n) is 4.39. The Labute approximate surface area is 222 Å². The van der Waals surface area contributed by atoms with Gasteiger partial charge in [0.1, 0.15) is 0 Å². The monoisotopic (exact) mass is 555 g/mol. The number of hydrogen-bond acceptors (Lipinski definition) is 5. The lowest BCUT2D eigenvalue weighted by molar-refractivity contribution is 0.0992. The average Bonchev–Trinajstić information content (AvgIpc) is 3.24. The molecule has 1 aliphatic rings. The Bertz CT molecular complexity index is 1680. The predicted molar refractivity (Wildman–Crippen MR) is 141 cm³/mol. The first-order chi connectivity index (χ1) is 17.5. The number of primary sulfonamides is 1. The predicted octanol–water partition coefficient (Wildman–Crippen LogP) is 3.94. The van der Waals surface area contributed by atoms with Crippen molar-refractivity contribution in [3.63, 3.8) is 0 Å². The second kappa shape index (κ2) is 9.31. The van der Waals surface area contributed by atoms with E-state index in [0.29, 0.717) is 35.5 Å². The van der Waals surface area contributed by atoms with Crippen molar-refractivity contribution >= 4 is 50.7 Å². The molecule has 2 amide bonds. The molecule has 0 radical (unpaired) electrons. The Kier molecular flexibility index (Phi) is 6.28. The number of primary amides is 1. The minimum Gasteiger partial charge on any atom is -0.364 e. The van der Waals surface area contributed by atoms with Crippen LogP contribution in [0.25, 0.3) is 16.9 Å². The van der Waals surface area contributed by atoms with Gasteiger partial charge in [-0.2, -0.15) is 5.10 Å². The highest BCUT2D eigenvalue weighted by atomic mass is 35.5. The zero-order chi connectivity index (χ0) is 26.5. The Morgan fingerprint density at radius 2 is 1.65 bits per heavy atom. The van der Waals surface area contributed by atoms with E-state index in [-0.39, 0.29) is 26.2 Å². The summed E-state index contributed by atoms with van der Waals surface area (Å²) in [7, 11) is -3.89. The van der Waals surface area contributed by atoms with Gasteiger partial charge in [0, 0.05) is 16.8 Å². The quantitative estimate of drug-likeness (QED) is 0.340. The van der Waals surface area contributed by atoms with Gasteiger partial charge in [0.2, 0.25) is 10.0 Å². The maximum absolute atomic E-state index is 12.9. The van der Waals surface area contributed by atoms with Crippen molar-refractivity contribution in [2.24, 2.45) is 10.9 Å². The molecule has 12 heteroatoms. The number of rotatable bonds is 5. The largest absolute Gasteiger partial charge is 0.364 e. The molecule has 0 unspecified atom stereocenters. The van der Waals surface area contributed by atoms with Crippen LogP contribution < -0.4 is 16.2 Å². The van der Waals surface area contributed by atoms with Crippen molar-refractivity contribution < 1.29 is 18.0 Å². The molecule has 0 fully saturated rings. The van der Waals surface area contributed by atoms with Crippen LogP contribution in [0.3, 0.4) is 0 Å². The van der Waals surface area contributed by atoms with Crippen molar-refractivity contribution in [1.29, 1.82) is 0 Å². The molecular formula is C25H19Cl2N5O4S. The van der Waals surface area contributed by atoms with Crippen LogP contribution in [-0.4, -0.2) is 30.0 Å². The third-order valence-electron chi connectivity index (χ3n) is 6.08. The molecule has 0 spiro atoms. The van der Waals surface area contributed by atoms with Crippen molar-refractivity contribution in [2.75, 3.05) is 5.32 Å². The second-order valence-electron chi connectivity index (χ2n) is 8.41. The topological polar surface area (TPSA) is 150 Å². The average molecular weight is 556 g/mol. The number of nitrogens with one attached hydrogen (secondary N) is 1. The molecule has 9 nitrogen and oxygen atoms in total. The normalized spacial score (nSPS) is 12.5. The molecule has 0 saturated carbocycles. The first-order valence-corrected chi connectivity index (χ1v) is 13.3. The van der Waals surface area contributed by atoms with Gasteiger partial charge in [0.25, 0.3) is 11.8 Å². The lowest BCUT2D eigenvalue weighted by atomic mass is 9.88. The molecular weight excluding hydrogens is 537 g/mol. The van der Waals surface area contributed by atoms with E-state index in [0.717, 1.165) is 11.1 Å². The number of benzene rings is 3. The summed E-state index contributed by atoms with van der Waals surface area (Å²) in [6, 6.07) is 16.0. The molecule has 5 rings (SSSR count). The van der Waals surface area contributed by atoms with Crippen LogP contribution in [0.5, 0.6) is 0 Å². The minimum atomic E-state index is -3.89. The molecule has 188 valence electrons. The molecule has 0 saturated heterocycles. The van der Waals surface area contributed by atoms with Gasteiger partial charge in [-0.05, 0) is 66.9 Å². The number of hydrogen-bond donors (Lipinski definition) is 3. The molecule has 0 atom stereocenters. The van der Waals surface area contributed by atoms with Crippen molar-refractivity contribution in [1.82, 2.24) is 9.78 Å². The third kappa shape index (κ3) is 4.60. The Balaban J connectivity index is 1.61. The number of anilines is 1. The zero-order valence-electron chi connectivity index (χ0n) is 19.0. The summed E-state index contributed by atoms with van der Waals surface area (Å²) in [5.74, 6) is -1.16. The van der Waals surface area contributed by atoms with Gasteiger partial charge in [-0.25, -0.2) is 18.2 Å². The van der Waals surface area contributed by atoms with Crippen molar-refractivity contribution in [3.8, 4) is 16.9 Å². The zero-order valence-corrected chi connectivity index (χ0v) is 21.4. The fourth-order valence-corrected chi connectivity index (χ4v) is 5.47. The molecule has 0 bridgehead atoms. The van der Waals surface area contributed by atoms with Crippen molar-refractivity contribution in [2.45, 2.75) is 17.7 Å². The maximum atomic E-state index is 12.9. The van der Waals surface area contributed by atoms with Gasteiger partial charge in [0.15, 0.2) is 5.69 Å². The number of halogens is 2. The summed E-state index contributed by atoms with van der Waals surface area (Å²) in [4.78, 5) is 25.1. The van der Waals surface area contributed by atoms with E-state index >= 15 is 0 Å². The molecule has 3 aromatic carbocycles. The standard InChI is InChI=1S/C25H19Cl2N5O4S/c26-19-2-1-3-20(27)21(19)25(34)30-14-6-4-13-5-11-17-22(24(28)33)31-32(23(17)18(13)12-14)15-7-9-16(10-8-15)37(29,35)36/h1-4,6-10,12H,5,11H2,(H2,28,33)(H,30,34)(H2,29,35,36). The third-order valence-corrected chi connectivity index (χ3v) is 7.64. The van der Waals surface area contributed by atoms with E-state index in [4.69, 9.17) is 34.1 Å². The Morgan fingerprint density at radius 1 is 0.973 bits per heavy atom. The van der Waals surface area contributed by atoms with Crippen LogP contribution in [-0.2, 0) is 22.9 Å². The van der Waals surface area contributed by atoms with Crippen LogP contribution in [0.15, 0.2) is 65.6 Å². The summed E-state index contributed by atoms with van der Waals surface area (Å²) in [6.07, 6.45) is 1.15. The maximum Gasteiger partial charge on any atom is 0.269 e. The Morgan fingerprint density at radius 3 is 2.27 bits per heavy atom. The molecule has 1 aliphatic carbocycles. The molecule has 0 aliphatic heterocycles. The summed E-state index contributed by atoms with van der Waals surface area (Å²) in [5, 5.41) is 12.9. The molecule has 4 aromatic rings. The highest BCUT2D eigenvalue weighted by Gasteiger charge is 2.28. The van der Waals surface area contributed by atoms with E-state index < -0.39 is 21.8 Å². The number of sulfonamides is 1. The van der Waals surface area contributed by atoms with Crippen LogP contribution >= 0.6 is 23.2 Å². The minimum absolute atomic E-state index is 0.0592. The summed E-state index contributed by atoms with van der Waals surface area (Å²) in [5.41, 5.74) is 9.86. The Hall–Kier alpha value is -3.70. The number of amides is 2. The van der Waals surface area contributed by atoms with Gasteiger partial charge in [-0.15, -0.1) is 0 Å². The number of aryl methyl sites for hydroxylation is 1. The highest BCUT2D eigenvalue weighted by molar-refractivity contribution is 7.89. The second-order valence-corrected chi connectivity index (χ2v) is 10.8. The molecule has 1 heterocycles. The fraction of sp³-hybridized carbons (Fsp3) is 0.0800. The number of carbonyl (C=O) groups is 2. The molecule has 1 aromatic heterocycles. The van der Waals surface area contributed by atoms with Crippen LogP contribution in [0.4, 0.5) is 5.69 Å². The summed E-state index contributed by atoms with van der Waals surface area (Å²) < 4.78 is 24.9. The van der Waals surface area contributed by atoms with Gasteiger partial charge in [-0.1, -0.05) is 35.3 Å². The van der Waals surface area contributed by atoms with E-state index in [9.17, 15) is 18.0 Å². The van der Waals surface area contributed by atoms with Gasteiger partial charge < -0.3 is 11.1 Å². The summed E-state index contributed by atoms with van der Waals surface area (Å²) >= 11 is 12.4. The number of fused-ring (bicyclic) bond motifs is 3. The smallest absolute Gasteiger partial charge is 0.269 e. The summed E-state index contributed by atoms with van der Waals surface area (Å²) in [6.45, 7) is 0.